The Morgan fingerprint density at radius 1 is 1.35 bits per heavy atom. The first kappa shape index (κ1) is 13.2. The second-order valence-electron chi connectivity index (χ2n) is 5.58. The van der Waals surface area contributed by atoms with Crippen molar-refractivity contribution in [2.75, 3.05) is 18.0 Å². The third kappa shape index (κ3) is 2.70. The smallest absolute Gasteiger partial charge is 0.151 e. The number of anilines is 1. The molecule has 1 aliphatic rings. The van der Waals surface area contributed by atoms with E-state index in [1.165, 1.54) is 17.5 Å². The van der Waals surface area contributed by atoms with Gasteiger partial charge < -0.3 is 10.6 Å². The average Bonchev–Trinajstić information content (AvgIpc) is 3.09. The molecule has 3 rings (SSSR count). The van der Waals surface area contributed by atoms with E-state index in [1.54, 1.807) is 0 Å². The molecule has 1 atom stereocenters. The van der Waals surface area contributed by atoms with Gasteiger partial charge in [-0.05, 0) is 24.0 Å². The van der Waals surface area contributed by atoms with Gasteiger partial charge in [0.05, 0.1) is 5.69 Å². The lowest BCUT2D eigenvalue weighted by atomic mass is 10.1. The summed E-state index contributed by atoms with van der Waals surface area (Å²) in [4.78, 5) is 2.25. The van der Waals surface area contributed by atoms with Gasteiger partial charge in [-0.25, -0.2) is 0 Å². The van der Waals surface area contributed by atoms with Gasteiger partial charge in [-0.3, -0.25) is 5.10 Å². The molecule has 0 radical (unpaired) electrons. The Bertz CT molecular complexity index is 558. The molecule has 4 nitrogen and oxygen atoms in total. The highest BCUT2D eigenvalue weighted by molar-refractivity contribution is 5.63. The van der Waals surface area contributed by atoms with Crippen LogP contribution in [0.4, 0.5) is 5.82 Å². The van der Waals surface area contributed by atoms with Gasteiger partial charge in [0.25, 0.3) is 0 Å². The third-order valence-electron chi connectivity index (χ3n) is 3.92. The molecule has 0 bridgehead atoms. The van der Waals surface area contributed by atoms with Gasteiger partial charge in [-0.1, -0.05) is 37.6 Å². The SMILES string of the molecule is CCCc1ccc(-c2cc(N3CCC(N)C3)n[nH]2)cc1. The molecule has 0 saturated carbocycles. The van der Waals surface area contributed by atoms with E-state index in [2.05, 4.69) is 52.4 Å². The quantitative estimate of drug-likeness (QED) is 0.897. The predicted molar refractivity (Wildman–Crippen MR) is 82.8 cm³/mol. The molecule has 20 heavy (non-hydrogen) atoms. The first-order chi connectivity index (χ1) is 9.76. The summed E-state index contributed by atoms with van der Waals surface area (Å²) in [6.45, 7) is 4.11. The molecule has 3 N–H and O–H groups in total. The molecule has 4 heteroatoms. The Morgan fingerprint density at radius 2 is 2.15 bits per heavy atom. The van der Waals surface area contributed by atoms with Gasteiger partial charge >= 0.3 is 0 Å². The van der Waals surface area contributed by atoms with Crippen molar-refractivity contribution in [2.24, 2.45) is 5.73 Å². The van der Waals surface area contributed by atoms with E-state index in [-0.39, 0.29) is 6.04 Å². The number of rotatable bonds is 4. The van der Waals surface area contributed by atoms with Crippen LogP contribution in [0.25, 0.3) is 11.3 Å². The van der Waals surface area contributed by atoms with Crippen LogP contribution in [0.5, 0.6) is 0 Å². The van der Waals surface area contributed by atoms with Crippen LogP contribution in [0, 0.1) is 0 Å². The first-order valence-corrected chi connectivity index (χ1v) is 7.41. The normalized spacial score (nSPS) is 18.7. The number of hydrogen-bond donors (Lipinski definition) is 2. The van der Waals surface area contributed by atoms with Crippen molar-refractivity contribution in [1.82, 2.24) is 10.2 Å². The van der Waals surface area contributed by atoms with Crippen molar-refractivity contribution >= 4 is 5.82 Å². The van der Waals surface area contributed by atoms with Crippen LogP contribution >= 0.6 is 0 Å². The Kier molecular flexibility index (Phi) is 3.74. The topological polar surface area (TPSA) is 57.9 Å². The summed E-state index contributed by atoms with van der Waals surface area (Å²) in [6, 6.07) is 11.1. The molecule has 1 aliphatic heterocycles. The largest absolute Gasteiger partial charge is 0.354 e. The van der Waals surface area contributed by atoms with Crippen LogP contribution in [0.3, 0.4) is 0 Å². The first-order valence-electron chi connectivity index (χ1n) is 7.41. The molecule has 0 aliphatic carbocycles. The molecule has 106 valence electrons. The molecule has 2 aromatic rings. The Morgan fingerprint density at radius 3 is 2.80 bits per heavy atom. The summed E-state index contributed by atoms with van der Waals surface area (Å²) >= 11 is 0. The molecule has 0 spiro atoms. The minimum atomic E-state index is 0.281. The van der Waals surface area contributed by atoms with Crippen LogP contribution in [-0.4, -0.2) is 29.3 Å². The van der Waals surface area contributed by atoms with Crippen LogP contribution in [0.15, 0.2) is 30.3 Å². The van der Waals surface area contributed by atoms with Gasteiger partial charge in [0.15, 0.2) is 5.82 Å². The predicted octanol–water partition coefficient (Wildman–Crippen LogP) is 2.57. The Balaban J connectivity index is 1.76. The maximum Gasteiger partial charge on any atom is 0.151 e. The fourth-order valence-electron chi connectivity index (χ4n) is 2.76. The minimum absolute atomic E-state index is 0.281. The summed E-state index contributed by atoms with van der Waals surface area (Å²) in [5.41, 5.74) is 9.60. The lowest BCUT2D eigenvalue weighted by Gasteiger charge is -2.13. The molecule has 1 aromatic heterocycles. The molecule has 1 fully saturated rings. The summed E-state index contributed by atoms with van der Waals surface area (Å²) in [6.07, 6.45) is 3.37. The van der Waals surface area contributed by atoms with Crippen molar-refractivity contribution < 1.29 is 0 Å². The number of nitrogens with one attached hydrogen (secondary N) is 1. The minimum Gasteiger partial charge on any atom is -0.354 e. The van der Waals surface area contributed by atoms with Crippen molar-refractivity contribution in [3.8, 4) is 11.3 Å². The van der Waals surface area contributed by atoms with E-state index in [0.717, 1.165) is 37.4 Å². The maximum atomic E-state index is 5.95. The van der Waals surface area contributed by atoms with E-state index < -0.39 is 0 Å². The lowest BCUT2D eigenvalue weighted by Crippen LogP contribution is -2.26. The van der Waals surface area contributed by atoms with E-state index in [0.29, 0.717) is 0 Å². The molecular weight excluding hydrogens is 248 g/mol. The van der Waals surface area contributed by atoms with Crippen molar-refractivity contribution in [1.29, 1.82) is 0 Å². The van der Waals surface area contributed by atoms with Gasteiger partial charge in [-0.2, -0.15) is 5.10 Å². The number of nitrogens with zero attached hydrogens (tertiary/aromatic N) is 2. The maximum absolute atomic E-state index is 5.95. The average molecular weight is 270 g/mol. The second-order valence-corrected chi connectivity index (χ2v) is 5.58. The highest BCUT2D eigenvalue weighted by Crippen LogP contribution is 2.24. The number of aromatic nitrogens is 2. The van der Waals surface area contributed by atoms with Crippen molar-refractivity contribution in [3.63, 3.8) is 0 Å². The number of aromatic amines is 1. The molecule has 0 amide bonds. The standard InChI is InChI=1S/C16H22N4/c1-2-3-12-4-6-13(7-5-12)15-10-16(19-18-15)20-9-8-14(17)11-20/h4-7,10,14H,2-3,8-9,11,17H2,1H3,(H,18,19). The monoisotopic (exact) mass is 270 g/mol. The summed E-state index contributed by atoms with van der Waals surface area (Å²) in [5.74, 6) is 1.01. The van der Waals surface area contributed by atoms with E-state index in [4.69, 9.17) is 5.73 Å². The molecule has 1 saturated heterocycles. The third-order valence-corrected chi connectivity index (χ3v) is 3.92. The number of benzene rings is 1. The summed E-state index contributed by atoms with van der Waals surface area (Å²) < 4.78 is 0. The Labute approximate surface area is 120 Å². The molecule has 1 unspecified atom stereocenters. The second kappa shape index (κ2) is 5.67. The zero-order valence-electron chi connectivity index (χ0n) is 12.0. The van der Waals surface area contributed by atoms with Crippen LogP contribution < -0.4 is 10.6 Å². The number of aryl methyl sites for hydroxylation is 1. The van der Waals surface area contributed by atoms with Gasteiger partial charge in [0.2, 0.25) is 0 Å². The zero-order chi connectivity index (χ0) is 13.9. The molecule has 2 heterocycles. The van der Waals surface area contributed by atoms with Gasteiger partial charge in [0, 0.05) is 25.2 Å². The highest BCUT2D eigenvalue weighted by Gasteiger charge is 2.21. The Hall–Kier alpha value is -1.81. The fraction of sp³-hybridized carbons (Fsp3) is 0.438. The van der Waals surface area contributed by atoms with Crippen molar-refractivity contribution in [2.45, 2.75) is 32.2 Å². The van der Waals surface area contributed by atoms with Crippen LogP contribution in [-0.2, 0) is 6.42 Å². The van der Waals surface area contributed by atoms with Crippen LogP contribution in [0.1, 0.15) is 25.3 Å². The van der Waals surface area contributed by atoms with E-state index in [1.807, 2.05) is 0 Å². The molecule has 1 aromatic carbocycles. The fourth-order valence-corrected chi connectivity index (χ4v) is 2.76. The van der Waals surface area contributed by atoms with Gasteiger partial charge in [-0.15, -0.1) is 0 Å². The lowest BCUT2D eigenvalue weighted by molar-refractivity contribution is 0.751. The van der Waals surface area contributed by atoms with E-state index in [9.17, 15) is 0 Å². The van der Waals surface area contributed by atoms with E-state index >= 15 is 0 Å². The zero-order valence-corrected chi connectivity index (χ0v) is 12.0. The molecular formula is C16H22N4. The summed E-state index contributed by atoms with van der Waals surface area (Å²) in [7, 11) is 0. The number of nitrogens with two attached hydrogens (primary N) is 1. The van der Waals surface area contributed by atoms with Gasteiger partial charge in [0.1, 0.15) is 0 Å². The highest BCUT2D eigenvalue weighted by atomic mass is 15.3. The van der Waals surface area contributed by atoms with Crippen molar-refractivity contribution in [3.05, 3.63) is 35.9 Å². The van der Waals surface area contributed by atoms with Crippen LogP contribution in [0.2, 0.25) is 0 Å². The number of H-pyrrole nitrogens is 1. The summed E-state index contributed by atoms with van der Waals surface area (Å²) in [5, 5.41) is 7.55. The number of hydrogen-bond acceptors (Lipinski definition) is 3.